The molecule has 0 radical (unpaired) electrons. The number of methoxy groups -OCH3 is 1. The zero-order chi connectivity index (χ0) is 16.5. The van der Waals surface area contributed by atoms with E-state index in [1.807, 2.05) is 0 Å². The predicted octanol–water partition coefficient (Wildman–Crippen LogP) is 2.12. The number of rotatable bonds is 2. The molecule has 1 aliphatic heterocycles. The van der Waals surface area contributed by atoms with Gasteiger partial charge in [-0.2, -0.15) is 4.39 Å². The number of ether oxygens (including phenoxy) is 1. The summed E-state index contributed by atoms with van der Waals surface area (Å²) in [6.45, 7) is 6.71. The average Bonchev–Trinajstić information content (AvgIpc) is 2.55. The standard InChI is InChI=1S/C8H16N2O2.C6H4FNO2/c1-3-9-4-6-10(7-5-9)8(11)12-2;7-5-3-1-2-4-6(5)8(9)10/h3-7H2,1-2H3;1-4H. The molecule has 1 aliphatic rings. The number of likely N-dealkylation sites (N-methyl/N-ethyl adjacent to an activating group) is 1. The molecule has 122 valence electrons. The molecule has 1 aromatic carbocycles. The normalized spacial score (nSPS) is 14.8. The highest BCUT2D eigenvalue weighted by Gasteiger charge is 2.19. The molecule has 0 N–H and O–H groups in total. The van der Waals surface area contributed by atoms with Gasteiger partial charge in [-0.1, -0.05) is 19.1 Å². The molecule has 1 aromatic rings. The lowest BCUT2D eigenvalue weighted by molar-refractivity contribution is -0.387. The number of nitro benzene ring substituents is 1. The molecule has 0 aromatic heterocycles. The van der Waals surface area contributed by atoms with Crippen molar-refractivity contribution in [2.75, 3.05) is 39.8 Å². The van der Waals surface area contributed by atoms with E-state index in [0.29, 0.717) is 0 Å². The molecule has 0 saturated carbocycles. The number of carbonyl (C=O) groups excluding carboxylic acids is 1. The maximum atomic E-state index is 12.4. The van der Waals surface area contributed by atoms with Gasteiger partial charge in [0.05, 0.1) is 12.0 Å². The van der Waals surface area contributed by atoms with Gasteiger partial charge in [0, 0.05) is 32.2 Å². The Morgan fingerprint density at radius 1 is 1.32 bits per heavy atom. The quantitative estimate of drug-likeness (QED) is 0.617. The number of carbonyl (C=O) groups is 1. The molecule has 1 fully saturated rings. The van der Waals surface area contributed by atoms with E-state index in [2.05, 4.69) is 16.6 Å². The van der Waals surface area contributed by atoms with Crippen molar-refractivity contribution in [1.82, 2.24) is 9.80 Å². The summed E-state index contributed by atoms with van der Waals surface area (Å²) in [5.74, 6) is -0.799. The van der Waals surface area contributed by atoms with Gasteiger partial charge in [0.25, 0.3) is 0 Å². The van der Waals surface area contributed by atoms with Crippen molar-refractivity contribution < 1.29 is 18.8 Å². The largest absolute Gasteiger partial charge is 0.453 e. The summed E-state index contributed by atoms with van der Waals surface area (Å²) in [6.07, 6.45) is -0.203. The fourth-order valence-electron chi connectivity index (χ4n) is 1.98. The fourth-order valence-corrected chi connectivity index (χ4v) is 1.98. The Labute approximate surface area is 128 Å². The number of hydrogen-bond acceptors (Lipinski definition) is 5. The van der Waals surface area contributed by atoms with Crippen LogP contribution in [0, 0.1) is 15.9 Å². The minimum absolute atomic E-state index is 0.203. The third-order valence-corrected chi connectivity index (χ3v) is 3.30. The van der Waals surface area contributed by atoms with Gasteiger partial charge in [0.15, 0.2) is 0 Å². The smallest absolute Gasteiger partial charge is 0.409 e. The second-order valence-corrected chi connectivity index (χ2v) is 4.60. The topological polar surface area (TPSA) is 75.9 Å². The van der Waals surface area contributed by atoms with Gasteiger partial charge in [-0.05, 0) is 12.6 Å². The summed E-state index contributed by atoms with van der Waals surface area (Å²) in [5.41, 5.74) is -0.484. The Balaban J connectivity index is 0.000000224. The van der Waals surface area contributed by atoms with Gasteiger partial charge in [0.2, 0.25) is 5.82 Å². The van der Waals surface area contributed by atoms with Crippen molar-refractivity contribution in [3.8, 4) is 0 Å². The number of hydrogen-bond donors (Lipinski definition) is 0. The molecule has 0 bridgehead atoms. The highest BCUT2D eigenvalue weighted by Crippen LogP contribution is 2.14. The van der Waals surface area contributed by atoms with E-state index in [0.717, 1.165) is 44.9 Å². The zero-order valence-electron chi connectivity index (χ0n) is 12.7. The number of halogens is 1. The van der Waals surface area contributed by atoms with E-state index in [1.54, 1.807) is 4.90 Å². The number of benzene rings is 1. The van der Waals surface area contributed by atoms with E-state index in [1.165, 1.54) is 19.2 Å². The lowest BCUT2D eigenvalue weighted by Gasteiger charge is -2.32. The van der Waals surface area contributed by atoms with Gasteiger partial charge in [-0.25, -0.2) is 4.79 Å². The molecular formula is C14H20FN3O4. The van der Waals surface area contributed by atoms with Crippen molar-refractivity contribution >= 4 is 11.8 Å². The summed E-state index contributed by atoms with van der Waals surface area (Å²) in [5, 5.41) is 9.99. The first-order valence-corrected chi connectivity index (χ1v) is 6.93. The van der Waals surface area contributed by atoms with Crippen LogP contribution < -0.4 is 0 Å². The van der Waals surface area contributed by atoms with Crippen molar-refractivity contribution in [3.05, 3.63) is 40.2 Å². The molecule has 1 saturated heterocycles. The second-order valence-electron chi connectivity index (χ2n) is 4.60. The van der Waals surface area contributed by atoms with Crippen molar-refractivity contribution in [2.24, 2.45) is 0 Å². The molecule has 0 aliphatic carbocycles. The molecular weight excluding hydrogens is 293 g/mol. The third-order valence-electron chi connectivity index (χ3n) is 3.30. The summed E-state index contributed by atoms with van der Waals surface area (Å²) >= 11 is 0. The molecule has 2 rings (SSSR count). The van der Waals surface area contributed by atoms with Crippen LogP contribution in [0.1, 0.15) is 6.92 Å². The molecule has 7 nitrogen and oxygen atoms in total. The number of nitro groups is 1. The monoisotopic (exact) mass is 313 g/mol. The first-order chi connectivity index (χ1) is 10.5. The van der Waals surface area contributed by atoms with Crippen LogP contribution in [0.5, 0.6) is 0 Å². The molecule has 22 heavy (non-hydrogen) atoms. The van der Waals surface area contributed by atoms with Crippen LogP contribution in [-0.2, 0) is 4.74 Å². The van der Waals surface area contributed by atoms with E-state index < -0.39 is 16.4 Å². The Morgan fingerprint density at radius 3 is 2.32 bits per heavy atom. The molecule has 8 heteroatoms. The van der Waals surface area contributed by atoms with Crippen LogP contribution in [0.3, 0.4) is 0 Å². The third kappa shape index (κ3) is 5.28. The number of piperazine rings is 1. The average molecular weight is 313 g/mol. The number of para-hydroxylation sites is 1. The fraction of sp³-hybridized carbons (Fsp3) is 0.500. The van der Waals surface area contributed by atoms with Crippen LogP contribution in [-0.4, -0.2) is 60.6 Å². The maximum Gasteiger partial charge on any atom is 0.409 e. The molecule has 0 unspecified atom stereocenters. The van der Waals surface area contributed by atoms with E-state index in [9.17, 15) is 19.3 Å². The Hall–Kier alpha value is -2.22. The number of amides is 1. The van der Waals surface area contributed by atoms with Crippen LogP contribution in [0.15, 0.2) is 24.3 Å². The van der Waals surface area contributed by atoms with Crippen molar-refractivity contribution in [2.45, 2.75) is 6.92 Å². The lowest BCUT2D eigenvalue weighted by Crippen LogP contribution is -2.48. The Morgan fingerprint density at radius 2 is 1.91 bits per heavy atom. The zero-order valence-corrected chi connectivity index (χ0v) is 12.7. The highest BCUT2D eigenvalue weighted by molar-refractivity contribution is 5.67. The van der Waals surface area contributed by atoms with E-state index >= 15 is 0 Å². The van der Waals surface area contributed by atoms with Gasteiger partial charge >= 0.3 is 11.8 Å². The lowest BCUT2D eigenvalue weighted by atomic mass is 10.3. The summed E-state index contributed by atoms with van der Waals surface area (Å²) < 4.78 is 17.0. The minimum atomic E-state index is -0.799. The van der Waals surface area contributed by atoms with Crippen molar-refractivity contribution in [3.63, 3.8) is 0 Å². The van der Waals surface area contributed by atoms with Crippen molar-refractivity contribution in [1.29, 1.82) is 0 Å². The van der Waals surface area contributed by atoms with E-state index in [4.69, 9.17) is 0 Å². The molecule has 0 spiro atoms. The Bertz CT molecular complexity index is 505. The van der Waals surface area contributed by atoms with Crippen LogP contribution in [0.25, 0.3) is 0 Å². The van der Waals surface area contributed by atoms with E-state index in [-0.39, 0.29) is 6.09 Å². The van der Waals surface area contributed by atoms with Gasteiger partial charge in [-0.15, -0.1) is 0 Å². The van der Waals surface area contributed by atoms with Gasteiger partial charge in [0.1, 0.15) is 0 Å². The van der Waals surface area contributed by atoms with Gasteiger partial charge in [-0.3, -0.25) is 10.1 Å². The molecule has 0 atom stereocenters. The second kappa shape index (κ2) is 8.93. The summed E-state index contributed by atoms with van der Waals surface area (Å²) in [7, 11) is 1.43. The van der Waals surface area contributed by atoms with Gasteiger partial charge < -0.3 is 14.5 Å². The van der Waals surface area contributed by atoms with Crippen LogP contribution >= 0.6 is 0 Å². The maximum absolute atomic E-state index is 12.4. The Kier molecular flexibility index (Phi) is 7.24. The summed E-state index contributed by atoms with van der Waals surface area (Å²) in [6, 6.07) is 5.00. The number of nitrogens with zero attached hydrogens (tertiary/aromatic N) is 3. The molecule has 1 amide bonds. The summed E-state index contributed by atoms with van der Waals surface area (Å²) in [4.78, 5) is 24.3. The SMILES string of the molecule is CCN1CCN(C(=O)OC)CC1.O=[N+]([O-])c1ccccc1F. The van der Waals surface area contributed by atoms with Crippen LogP contribution in [0.2, 0.25) is 0 Å². The first-order valence-electron chi connectivity index (χ1n) is 6.93. The predicted molar refractivity (Wildman–Crippen MR) is 79.1 cm³/mol. The van der Waals surface area contributed by atoms with Crippen LogP contribution in [0.4, 0.5) is 14.9 Å². The molecule has 1 heterocycles. The first kappa shape index (κ1) is 17.8. The minimum Gasteiger partial charge on any atom is -0.453 e. The highest BCUT2D eigenvalue weighted by atomic mass is 19.1.